The van der Waals surface area contributed by atoms with Crippen molar-refractivity contribution in [1.29, 1.82) is 0 Å². The van der Waals surface area contributed by atoms with Crippen molar-refractivity contribution in [3.8, 4) is 0 Å². The molecular formula is C11H22N2O2. The van der Waals surface area contributed by atoms with Gasteiger partial charge in [-0.15, -0.1) is 0 Å². The molecule has 1 fully saturated rings. The Bertz CT molecular complexity index is 229. The van der Waals surface area contributed by atoms with E-state index in [1.807, 2.05) is 20.8 Å². The summed E-state index contributed by atoms with van der Waals surface area (Å²) in [6.07, 6.45) is 2.51. The molecule has 2 unspecified atom stereocenters. The number of carbonyl (C=O) groups is 1. The van der Waals surface area contributed by atoms with Gasteiger partial charge in [0.05, 0.1) is 6.10 Å². The first-order valence-corrected chi connectivity index (χ1v) is 5.62. The van der Waals surface area contributed by atoms with E-state index in [0.717, 1.165) is 19.3 Å². The molecule has 4 heteroatoms. The molecule has 0 saturated carbocycles. The van der Waals surface area contributed by atoms with Gasteiger partial charge in [0, 0.05) is 5.54 Å². The van der Waals surface area contributed by atoms with Crippen molar-refractivity contribution < 1.29 is 9.53 Å². The average molecular weight is 214 g/mol. The van der Waals surface area contributed by atoms with Gasteiger partial charge in [-0.1, -0.05) is 0 Å². The first-order valence-electron chi connectivity index (χ1n) is 5.62. The molecule has 4 nitrogen and oxygen atoms in total. The maximum Gasteiger partial charge on any atom is 0.249 e. The number of nitrogens with two attached hydrogens (primary N) is 1. The Morgan fingerprint density at radius 1 is 1.53 bits per heavy atom. The predicted octanol–water partition coefficient (Wildman–Crippen LogP) is 0.797. The summed E-state index contributed by atoms with van der Waals surface area (Å²) in [4.78, 5) is 11.8. The lowest BCUT2D eigenvalue weighted by molar-refractivity contribution is -0.133. The van der Waals surface area contributed by atoms with Gasteiger partial charge in [-0.2, -0.15) is 0 Å². The monoisotopic (exact) mass is 214 g/mol. The van der Waals surface area contributed by atoms with Crippen LogP contribution >= 0.6 is 0 Å². The van der Waals surface area contributed by atoms with Gasteiger partial charge in [-0.25, -0.2) is 0 Å². The molecule has 0 aromatic heterocycles. The third kappa shape index (κ3) is 3.80. The van der Waals surface area contributed by atoms with E-state index < -0.39 is 0 Å². The second-order valence-electron chi connectivity index (χ2n) is 4.92. The molecule has 1 amide bonds. The Labute approximate surface area is 91.5 Å². The molecule has 0 aromatic carbocycles. The van der Waals surface area contributed by atoms with Crippen molar-refractivity contribution in [3.05, 3.63) is 0 Å². The molecule has 1 heterocycles. The molecule has 1 aliphatic rings. The van der Waals surface area contributed by atoms with Gasteiger partial charge < -0.3 is 15.8 Å². The summed E-state index contributed by atoms with van der Waals surface area (Å²) in [7, 11) is 0. The highest BCUT2D eigenvalue weighted by atomic mass is 16.5. The summed E-state index contributed by atoms with van der Waals surface area (Å²) < 4.78 is 5.50. The normalized spacial score (nSPS) is 26.7. The number of rotatable bonds is 4. The molecule has 0 radical (unpaired) electrons. The van der Waals surface area contributed by atoms with Crippen molar-refractivity contribution in [2.45, 2.75) is 57.8 Å². The van der Waals surface area contributed by atoms with E-state index >= 15 is 0 Å². The van der Waals surface area contributed by atoms with E-state index in [2.05, 4.69) is 5.32 Å². The van der Waals surface area contributed by atoms with Crippen molar-refractivity contribution in [3.63, 3.8) is 0 Å². The van der Waals surface area contributed by atoms with Crippen LogP contribution in [0.4, 0.5) is 0 Å². The maximum absolute atomic E-state index is 11.8. The van der Waals surface area contributed by atoms with E-state index in [4.69, 9.17) is 10.5 Å². The van der Waals surface area contributed by atoms with Crippen LogP contribution in [0, 0.1) is 0 Å². The molecule has 0 aliphatic carbocycles. The van der Waals surface area contributed by atoms with E-state index in [1.54, 1.807) is 0 Å². The number of hydrogen-bond acceptors (Lipinski definition) is 3. The quantitative estimate of drug-likeness (QED) is 0.727. The Kier molecular flexibility index (Phi) is 4.11. The average Bonchev–Trinajstić information content (AvgIpc) is 2.50. The van der Waals surface area contributed by atoms with Crippen LogP contribution in [0.5, 0.6) is 0 Å². The predicted molar refractivity (Wildman–Crippen MR) is 59.5 cm³/mol. The minimum atomic E-state index is -0.267. The molecule has 15 heavy (non-hydrogen) atoms. The molecule has 0 spiro atoms. The SMILES string of the molecule is CC1CCC(C(=O)NC(C)(C)CCN)O1. The van der Waals surface area contributed by atoms with Crippen LogP contribution in [0.1, 0.15) is 40.0 Å². The highest BCUT2D eigenvalue weighted by Gasteiger charge is 2.31. The third-order valence-corrected chi connectivity index (χ3v) is 2.76. The van der Waals surface area contributed by atoms with Gasteiger partial charge in [0.25, 0.3) is 0 Å². The van der Waals surface area contributed by atoms with E-state index in [-0.39, 0.29) is 23.7 Å². The summed E-state index contributed by atoms with van der Waals surface area (Å²) >= 11 is 0. The third-order valence-electron chi connectivity index (χ3n) is 2.76. The fourth-order valence-corrected chi connectivity index (χ4v) is 1.83. The largest absolute Gasteiger partial charge is 0.365 e. The molecule has 1 aliphatic heterocycles. The van der Waals surface area contributed by atoms with Crippen LogP contribution in [-0.4, -0.2) is 30.2 Å². The van der Waals surface area contributed by atoms with E-state index in [9.17, 15) is 4.79 Å². The van der Waals surface area contributed by atoms with Crippen LogP contribution in [0.15, 0.2) is 0 Å². The number of hydrogen-bond donors (Lipinski definition) is 2. The standard InChI is InChI=1S/C11H22N2O2/c1-8-4-5-9(15-8)10(14)13-11(2,3)6-7-12/h8-9H,4-7,12H2,1-3H3,(H,13,14). The molecule has 88 valence electrons. The number of nitrogens with one attached hydrogen (secondary N) is 1. The zero-order chi connectivity index (χ0) is 11.5. The molecule has 1 saturated heterocycles. The molecule has 0 aromatic rings. The van der Waals surface area contributed by atoms with Crippen molar-refractivity contribution in [2.24, 2.45) is 5.73 Å². The summed E-state index contributed by atoms with van der Waals surface area (Å²) in [5.74, 6) is -0.00204. The molecule has 0 bridgehead atoms. The van der Waals surface area contributed by atoms with Gasteiger partial charge in [0.1, 0.15) is 6.10 Å². The van der Waals surface area contributed by atoms with Gasteiger partial charge in [0.15, 0.2) is 0 Å². The highest BCUT2D eigenvalue weighted by molar-refractivity contribution is 5.81. The van der Waals surface area contributed by atoms with E-state index in [1.165, 1.54) is 0 Å². The van der Waals surface area contributed by atoms with Crippen molar-refractivity contribution in [2.75, 3.05) is 6.54 Å². The summed E-state index contributed by atoms with van der Waals surface area (Å²) in [6.45, 7) is 6.54. The summed E-state index contributed by atoms with van der Waals surface area (Å²) in [5.41, 5.74) is 5.25. The molecule has 2 atom stereocenters. The highest BCUT2D eigenvalue weighted by Crippen LogP contribution is 2.20. The van der Waals surface area contributed by atoms with Gasteiger partial charge in [-0.05, 0) is 46.6 Å². The van der Waals surface area contributed by atoms with Crippen molar-refractivity contribution >= 4 is 5.91 Å². The molecule has 3 N–H and O–H groups in total. The number of carbonyl (C=O) groups excluding carboxylic acids is 1. The van der Waals surface area contributed by atoms with Gasteiger partial charge in [-0.3, -0.25) is 4.79 Å². The molecular weight excluding hydrogens is 192 g/mol. The lowest BCUT2D eigenvalue weighted by Crippen LogP contribution is -2.48. The minimum Gasteiger partial charge on any atom is -0.365 e. The summed E-state index contributed by atoms with van der Waals surface area (Å²) in [6, 6.07) is 0. The van der Waals surface area contributed by atoms with Crippen LogP contribution in [0.3, 0.4) is 0 Å². The number of amides is 1. The summed E-state index contributed by atoms with van der Waals surface area (Å²) in [5, 5.41) is 2.98. The second-order valence-corrected chi connectivity index (χ2v) is 4.92. The second kappa shape index (κ2) is 4.94. The van der Waals surface area contributed by atoms with E-state index in [0.29, 0.717) is 6.54 Å². The topological polar surface area (TPSA) is 64.4 Å². The minimum absolute atomic E-state index is 0.00204. The maximum atomic E-state index is 11.8. The number of ether oxygens (including phenoxy) is 1. The van der Waals surface area contributed by atoms with Crippen LogP contribution < -0.4 is 11.1 Å². The fraction of sp³-hybridized carbons (Fsp3) is 0.909. The van der Waals surface area contributed by atoms with Crippen molar-refractivity contribution in [1.82, 2.24) is 5.32 Å². The van der Waals surface area contributed by atoms with Gasteiger partial charge >= 0.3 is 0 Å². The lowest BCUT2D eigenvalue weighted by Gasteiger charge is -2.27. The zero-order valence-electron chi connectivity index (χ0n) is 9.88. The smallest absolute Gasteiger partial charge is 0.249 e. The fourth-order valence-electron chi connectivity index (χ4n) is 1.83. The van der Waals surface area contributed by atoms with Crippen LogP contribution in [0.2, 0.25) is 0 Å². The van der Waals surface area contributed by atoms with Gasteiger partial charge in [0.2, 0.25) is 5.91 Å². The van der Waals surface area contributed by atoms with Crippen LogP contribution in [-0.2, 0) is 9.53 Å². The lowest BCUT2D eigenvalue weighted by atomic mass is 10.00. The molecule has 1 rings (SSSR count). The zero-order valence-corrected chi connectivity index (χ0v) is 9.88. The Morgan fingerprint density at radius 3 is 2.67 bits per heavy atom. The Hall–Kier alpha value is -0.610. The Morgan fingerprint density at radius 2 is 2.20 bits per heavy atom. The Balaban J connectivity index is 2.41. The van der Waals surface area contributed by atoms with Crippen LogP contribution in [0.25, 0.3) is 0 Å². The first-order chi connectivity index (χ1) is 6.94. The first kappa shape index (κ1) is 12.5.